The fourth-order valence-corrected chi connectivity index (χ4v) is 3.62. The first kappa shape index (κ1) is 17.1. The second kappa shape index (κ2) is 7.50. The average molecular weight is 354 g/mol. The third-order valence-electron chi connectivity index (χ3n) is 5.58. The first-order valence-electron chi connectivity index (χ1n) is 9.40. The van der Waals surface area contributed by atoms with Crippen molar-refractivity contribution in [2.24, 2.45) is 5.41 Å². The van der Waals surface area contributed by atoms with Crippen LogP contribution in [0.3, 0.4) is 0 Å². The SMILES string of the molecule is OCC1(COc2ccnc(N3CCN(c4ccccc4)CC3)n2)CCC1. The highest BCUT2D eigenvalue weighted by Gasteiger charge is 2.37. The lowest BCUT2D eigenvalue weighted by Crippen LogP contribution is -2.47. The molecule has 2 fully saturated rings. The summed E-state index contributed by atoms with van der Waals surface area (Å²) in [5, 5.41) is 9.57. The molecule has 6 heteroatoms. The van der Waals surface area contributed by atoms with Gasteiger partial charge in [0.15, 0.2) is 0 Å². The Morgan fingerprint density at radius 1 is 1.00 bits per heavy atom. The normalized spacial score (nSPS) is 19.1. The summed E-state index contributed by atoms with van der Waals surface area (Å²) in [6.07, 6.45) is 4.99. The van der Waals surface area contributed by atoms with E-state index in [0.717, 1.165) is 45.0 Å². The van der Waals surface area contributed by atoms with Gasteiger partial charge in [0, 0.05) is 49.5 Å². The summed E-state index contributed by atoms with van der Waals surface area (Å²) in [4.78, 5) is 13.6. The Balaban J connectivity index is 1.35. The first-order chi connectivity index (χ1) is 12.8. The number of rotatable bonds is 6. The Morgan fingerprint density at radius 2 is 1.73 bits per heavy atom. The molecule has 1 aromatic heterocycles. The summed E-state index contributed by atoms with van der Waals surface area (Å²) in [7, 11) is 0. The summed E-state index contributed by atoms with van der Waals surface area (Å²) < 4.78 is 5.88. The second-order valence-corrected chi connectivity index (χ2v) is 7.30. The number of aliphatic hydroxyl groups excluding tert-OH is 1. The number of aromatic nitrogens is 2. The van der Waals surface area contributed by atoms with Crippen LogP contribution in [0.4, 0.5) is 11.6 Å². The van der Waals surface area contributed by atoms with Gasteiger partial charge < -0.3 is 19.6 Å². The number of para-hydroxylation sites is 1. The summed E-state index contributed by atoms with van der Waals surface area (Å²) in [5.74, 6) is 1.32. The Kier molecular flexibility index (Phi) is 4.93. The van der Waals surface area contributed by atoms with Gasteiger partial charge in [-0.05, 0) is 25.0 Å². The maximum atomic E-state index is 9.57. The van der Waals surface area contributed by atoms with Gasteiger partial charge in [-0.25, -0.2) is 4.98 Å². The van der Waals surface area contributed by atoms with Crippen molar-refractivity contribution >= 4 is 11.6 Å². The van der Waals surface area contributed by atoms with Crippen LogP contribution in [0.5, 0.6) is 5.88 Å². The second-order valence-electron chi connectivity index (χ2n) is 7.30. The van der Waals surface area contributed by atoms with Gasteiger partial charge in [0.05, 0.1) is 13.2 Å². The zero-order valence-corrected chi connectivity index (χ0v) is 15.0. The minimum Gasteiger partial charge on any atom is -0.477 e. The van der Waals surface area contributed by atoms with Crippen LogP contribution in [0.1, 0.15) is 19.3 Å². The van der Waals surface area contributed by atoms with Crippen molar-refractivity contribution in [3.05, 3.63) is 42.6 Å². The van der Waals surface area contributed by atoms with E-state index >= 15 is 0 Å². The van der Waals surface area contributed by atoms with Crippen LogP contribution >= 0.6 is 0 Å². The number of hydrogen-bond donors (Lipinski definition) is 1. The molecule has 1 aromatic carbocycles. The molecule has 1 N–H and O–H groups in total. The van der Waals surface area contributed by atoms with Gasteiger partial charge in [0.1, 0.15) is 0 Å². The molecule has 0 atom stereocenters. The number of anilines is 2. The molecule has 2 heterocycles. The van der Waals surface area contributed by atoms with E-state index in [1.165, 1.54) is 12.1 Å². The van der Waals surface area contributed by atoms with E-state index in [1.54, 1.807) is 12.3 Å². The van der Waals surface area contributed by atoms with E-state index in [0.29, 0.717) is 12.5 Å². The van der Waals surface area contributed by atoms with E-state index in [-0.39, 0.29) is 12.0 Å². The Bertz CT molecular complexity index is 707. The highest BCUT2D eigenvalue weighted by molar-refractivity contribution is 5.48. The highest BCUT2D eigenvalue weighted by atomic mass is 16.5. The minimum atomic E-state index is -0.0631. The van der Waals surface area contributed by atoms with Crippen molar-refractivity contribution in [3.8, 4) is 5.88 Å². The van der Waals surface area contributed by atoms with E-state index in [4.69, 9.17) is 4.74 Å². The van der Waals surface area contributed by atoms with Crippen LogP contribution < -0.4 is 14.5 Å². The monoisotopic (exact) mass is 354 g/mol. The maximum absolute atomic E-state index is 9.57. The van der Waals surface area contributed by atoms with Crippen LogP contribution in [-0.2, 0) is 0 Å². The number of nitrogens with zero attached hydrogens (tertiary/aromatic N) is 4. The molecule has 6 nitrogen and oxygen atoms in total. The lowest BCUT2D eigenvalue weighted by atomic mass is 9.70. The predicted molar refractivity (Wildman–Crippen MR) is 102 cm³/mol. The number of hydrogen-bond acceptors (Lipinski definition) is 6. The maximum Gasteiger partial charge on any atom is 0.228 e. The van der Waals surface area contributed by atoms with Crippen molar-refractivity contribution in [1.29, 1.82) is 0 Å². The van der Waals surface area contributed by atoms with Gasteiger partial charge in [0.25, 0.3) is 0 Å². The molecule has 1 saturated heterocycles. The fourth-order valence-electron chi connectivity index (χ4n) is 3.62. The number of benzene rings is 1. The Labute approximate surface area is 154 Å². The number of ether oxygens (including phenoxy) is 1. The van der Waals surface area contributed by atoms with Crippen LogP contribution in [0, 0.1) is 5.41 Å². The first-order valence-corrected chi connectivity index (χ1v) is 9.40. The van der Waals surface area contributed by atoms with Crippen LogP contribution in [0.15, 0.2) is 42.6 Å². The van der Waals surface area contributed by atoms with E-state index < -0.39 is 0 Å². The molecule has 0 amide bonds. The van der Waals surface area contributed by atoms with Crippen molar-refractivity contribution in [2.45, 2.75) is 19.3 Å². The molecular weight excluding hydrogens is 328 g/mol. The molecule has 4 rings (SSSR count). The van der Waals surface area contributed by atoms with Crippen molar-refractivity contribution in [1.82, 2.24) is 9.97 Å². The van der Waals surface area contributed by atoms with Gasteiger partial charge in [-0.3, -0.25) is 0 Å². The van der Waals surface area contributed by atoms with Crippen LogP contribution in [0.25, 0.3) is 0 Å². The van der Waals surface area contributed by atoms with Gasteiger partial charge in [-0.15, -0.1) is 0 Å². The molecule has 0 bridgehead atoms. The third-order valence-corrected chi connectivity index (χ3v) is 5.58. The van der Waals surface area contributed by atoms with Crippen molar-refractivity contribution in [2.75, 3.05) is 49.2 Å². The lowest BCUT2D eigenvalue weighted by Gasteiger charge is -2.39. The predicted octanol–water partition coefficient (Wildman–Crippen LogP) is 2.34. The Hall–Kier alpha value is -2.34. The average Bonchev–Trinajstić information content (AvgIpc) is 2.69. The minimum absolute atomic E-state index is 0.0631. The number of piperazine rings is 1. The Morgan fingerprint density at radius 3 is 2.38 bits per heavy atom. The lowest BCUT2D eigenvalue weighted by molar-refractivity contribution is -0.00128. The molecule has 0 spiro atoms. The molecule has 1 aliphatic heterocycles. The van der Waals surface area contributed by atoms with Gasteiger partial charge in [-0.1, -0.05) is 24.6 Å². The van der Waals surface area contributed by atoms with Crippen molar-refractivity contribution < 1.29 is 9.84 Å². The molecule has 0 radical (unpaired) electrons. The summed E-state index contributed by atoms with van der Waals surface area (Å²) in [6, 6.07) is 12.3. The summed E-state index contributed by atoms with van der Waals surface area (Å²) >= 11 is 0. The van der Waals surface area contributed by atoms with E-state index in [2.05, 4.69) is 44.0 Å². The highest BCUT2D eigenvalue weighted by Crippen LogP contribution is 2.40. The zero-order chi connectivity index (χ0) is 17.8. The largest absolute Gasteiger partial charge is 0.477 e. The molecular formula is C20H26N4O2. The zero-order valence-electron chi connectivity index (χ0n) is 15.0. The molecule has 1 aliphatic carbocycles. The van der Waals surface area contributed by atoms with Crippen LogP contribution in [0.2, 0.25) is 0 Å². The van der Waals surface area contributed by atoms with Gasteiger partial charge in [-0.2, -0.15) is 4.98 Å². The quantitative estimate of drug-likeness (QED) is 0.859. The topological polar surface area (TPSA) is 61.7 Å². The third kappa shape index (κ3) is 3.60. The smallest absolute Gasteiger partial charge is 0.228 e. The molecule has 2 aromatic rings. The number of aliphatic hydroxyl groups is 1. The van der Waals surface area contributed by atoms with Gasteiger partial charge >= 0.3 is 0 Å². The van der Waals surface area contributed by atoms with E-state index in [9.17, 15) is 5.11 Å². The van der Waals surface area contributed by atoms with Crippen LogP contribution in [-0.4, -0.2) is 54.5 Å². The fraction of sp³-hybridized carbons (Fsp3) is 0.500. The molecule has 2 aliphatic rings. The summed E-state index contributed by atoms with van der Waals surface area (Å²) in [6.45, 7) is 4.39. The molecule has 1 saturated carbocycles. The molecule has 26 heavy (non-hydrogen) atoms. The molecule has 138 valence electrons. The van der Waals surface area contributed by atoms with Crippen molar-refractivity contribution in [3.63, 3.8) is 0 Å². The van der Waals surface area contributed by atoms with Gasteiger partial charge in [0.2, 0.25) is 11.8 Å². The van der Waals surface area contributed by atoms with E-state index in [1.807, 2.05) is 6.07 Å². The summed E-state index contributed by atoms with van der Waals surface area (Å²) in [5.41, 5.74) is 1.20. The molecule has 0 unspecified atom stereocenters. The standard InChI is InChI=1S/C20H26N4O2/c25-15-20(8-4-9-20)16-26-18-7-10-21-19(22-18)24-13-11-23(12-14-24)17-5-2-1-3-6-17/h1-3,5-7,10,25H,4,8-9,11-16H2.